The van der Waals surface area contributed by atoms with Crippen LogP contribution in [0.2, 0.25) is 0 Å². The molecule has 0 saturated carbocycles. The normalized spacial score (nSPS) is 12.3. The van der Waals surface area contributed by atoms with Crippen molar-refractivity contribution in [2.24, 2.45) is 5.73 Å². The molecule has 0 bridgehead atoms. The zero-order chi connectivity index (χ0) is 14.7. The number of nitrogens with zero attached hydrogens (tertiary/aromatic N) is 2. The van der Waals surface area contributed by atoms with Crippen molar-refractivity contribution in [3.63, 3.8) is 0 Å². The van der Waals surface area contributed by atoms with Gasteiger partial charge in [-0.2, -0.15) is 0 Å². The highest BCUT2D eigenvalue weighted by molar-refractivity contribution is 5.73. The van der Waals surface area contributed by atoms with E-state index in [1.165, 1.54) is 0 Å². The first-order valence-electron chi connectivity index (χ1n) is 6.98. The molecule has 2 N–H and O–H groups in total. The number of para-hydroxylation sites is 2. The third-order valence-corrected chi connectivity index (χ3v) is 3.31. The summed E-state index contributed by atoms with van der Waals surface area (Å²) in [6.07, 6.45) is 1.74. The van der Waals surface area contributed by atoms with Crippen molar-refractivity contribution in [3.8, 4) is 5.75 Å². The van der Waals surface area contributed by atoms with E-state index in [0.717, 1.165) is 28.0 Å². The van der Waals surface area contributed by atoms with Gasteiger partial charge < -0.3 is 10.5 Å². The Hall–Kier alpha value is -2.46. The van der Waals surface area contributed by atoms with Crippen molar-refractivity contribution < 1.29 is 4.74 Å². The van der Waals surface area contributed by atoms with E-state index in [4.69, 9.17) is 10.5 Å². The first-order chi connectivity index (χ1) is 10.3. The van der Waals surface area contributed by atoms with Crippen LogP contribution in [0.15, 0.2) is 54.7 Å². The minimum Gasteiger partial charge on any atom is -0.494 e. The number of hydrogen-bond donors (Lipinski definition) is 1. The van der Waals surface area contributed by atoms with Crippen LogP contribution in [0.5, 0.6) is 5.75 Å². The van der Waals surface area contributed by atoms with Gasteiger partial charge >= 0.3 is 0 Å². The highest BCUT2D eigenvalue weighted by Crippen LogP contribution is 2.23. The Bertz CT molecular complexity index is 758. The van der Waals surface area contributed by atoms with E-state index in [9.17, 15) is 0 Å². The first-order valence-corrected chi connectivity index (χ1v) is 6.98. The van der Waals surface area contributed by atoms with E-state index in [-0.39, 0.29) is 6.04 Å². The van der Waals surface area contributed by atoms with Gasteiger partial charge in [-0.1, -0.05) is 24.3 Å². The summed E-state index contributed by atoms with van der Waals surface area (Å²) in [5.41, 5.74) is 9.75. The maximum atomic E-state index is 6.31. The summed E-state index contributed by atoms with van der Waals surface area (Å²) < 4.78 is 5.51. The Morgan fingerprint density at radius 1 is 1.10 bits per heavy atom. The minimum absolute atomic E-state index is 0.317. The average molecular weight is 279 g/mol. The van der Waals surface area contributed by atoms with Gasteiger partial charge in [-0.15, -0.1) is 0 Å². The SMILES string of the molecule is CCOc1cccc(C(N)c2cnc3ccccc3n2)c1. The molecule has 1 aromatic heterocycles. The quantitative estimate of drug-likeness (QED) is 0.797. The lowest BCUT2D eigenvalue weighted by atomic mass is 10.0. The topological polar surface area (TPSA) is 61.0 Å². The second kappa shape index (κ2) is 5.89. The van der Waals surface area contributed by atoms with E-state index in [1.807, 2.05) is 55.5 Å². The Kier molecular flexibility index (Phi) is 3.79. The molecule has 0 aliphatic heterocycles. The van der Waals surface area contributed by atoms with Crippen LogP contribution in [0, 0.1) is 0 Å². The van der Waals surface area contributed by atoms with Crippen molar-refractivity contribution in [3.05, 3.63) is 66.0 Å². The molecule has 0 spiro atoms. The predicted molar refractivity (Wildman–Crippen MR) is 83.2 cm³/mol. The highest BCUT2D eigenvalue weighted by Gasteiger charge is 2.12. The number of rotatable bonds is 4. The van der Waals surface area contributed by atoms with E-state index < -0.39 is 0 Å². The Morgan fingerprint density at radius 2 is 1.90 bits per heavy atom. The number of ether oxygens (including phenoxy) is 1. The molecule has 1 atom stereocenters. The Balaban J connectivity index is 1.95. The average Bonchev–Trinajstić information content (AvgIpc) is 2.54. The molecule has 3 aromatic rings. The summed E-state index contributed by atoms with van der Waals surface area (Å²) in [7, 11) is 0. The van der Waals surface area contributed by atoms with Gasteiger partial charge in [0, 0.05) is 0 Å². The largest absolute Gasteiger partial charge is 0.494 e. The standard InChI is InChI=1S/C17H17N3O/c1-2-21-13-7-5-6-12(10-13)17(18)16-11-19-14-8-3-4-9-15(14)20-16/h3-11,17H,2,18H2,1H3. The molecule has 4 heteroatoms. The number of fused-ring (bicyclic) bond motifs is 1. The fraction of sp³-hybridized carbons (Fsp3) is 0.176. The molecule has 1 unspecified atom stereocenters. The van der Waals surface area contributed by atoms with Crippen LogP contribution >= 0.6 is 0 Å². The summed E-state index contributed by atoms with van der Waals surface area (Å²) in [6.45, 7) is 2.59. The molecular weight excluding hydrogens is 262 g/mol. The van der Waals surface area contributed by atoms with Gasteiger partial charge in [0.1, 0.15) is 5.75 Å². The van der Waals surface area contributed by atoms with Crippen LogP contribution in [-0.4, -0.2) is 16.6 Å². The minimum atomic E-state index is -0.317. The monoisotopic (exact) mass is 279 g/mol. The van der Waals surface area contributed by atoms with Crippen molar-refractivity contribution >= 4 is 11.0 Å². The van der Waals surface area contributed by atoms with Crippen LogP contribution in [0.25, 0.3) is 11.0 Å². The van der Waals surface area contributed by atoms with E-state index in [1.54, 1.807) is 6.20 Å². The fourth-order valence-corrected chi connectivity index (χ4v) is 2.26. The molecule has 3 rings (SSSR count). The molecule has 2 aromatic carbocycles. The second-order valence-corrected chi connectivity index (χ2v) is 4.77. The van der Waals surface area contributed by atoms with Crippen molar-refractivity contribution in [2.45, 2.75) is 13.0 Å². The number of aromatic nitrogens is 2. The summed E-state index contributed by atoms with van der Waals surface area (Å²) in [5, 5.41) is 0. The molecule has 21 heavy (non-hydrogen) atoms. The van der Waals surface area contributed by atoms with E-state index in [2.05, 4.69) is 9.97 Å². The lowest BCUT2D eigenvalue weighted by Crippen LogP contribution is -2.14. The molecule has 106 valence electrons. The number of benzene rings is 2. The third kappa shape index (κ3) is 2.85. The smallest absolute Gasteiger partial charge is 0.119 e. The van der Waals surface area contributed by atoms with Gasteiger partial charge in [0.05, 0.1) is 35.6 Å². The molecular formula is C17H17N3O. The van der Waals surface area contributed by atoms with Gasteiger partial charge in [-0.05, 0) is 36.8 Å². The number of nitrogens with two attached hydrogens (primary N) is 1. The number of hydrogen-bond acceptors (Lipinski definition) is 4. The third-order valence-electron chi connectivity index (χ3n) is 3.31. The van der Waals surface area contributed by atoms with E-state index >= 15 is 0 Å². The summed E-state index contributed by atoms with van der Waals surface area (Å²) in [6, 6.07) is 15.2. The van der Waals surface area contributed by atoms with Crippen molar-refractivity contribution in [2.75, 3.05) is 6.61 Å². The molecule has 0 amide bonds. The van der Waals surface area contributed by atoms with Gasteiger partial charge in [0.25, 0.3) is 0 Å². The summed E-state index contributed by atoms with van der Waals surface area (Å²) in [5.74, 6) is 0.819. The lowest BCUT2D eigenvalue weighted by molar-refractivity contribution is 0.340. The molecule has 0 fully saturated rings. The van der Waals surface area contributed by atoms with Crippen LogP contribution in [0.3, 0.4) is 0 Å². The Labute approximate surface area is 123 Å². The van der Waals surface area contributed by atoms with Crippen LogP contribution < -0.4 is 10.5 Å². The van der Waals surface area contributed by atoms with Crippen molar-refractivity contribution in [1.29, 1.82) is 0 Å². The molecule has 0 aliphatic rings. The van der Waals surface area contributed by atoms with Gasteiger partial charge in [0.2, 0.25) is 0 Å². The molecule has 0 saturated heterocycles. The zero-order valence-corrected chi connectivity index (χ0v) is 11.9. The predicted octanol–water partition coefficient (Wildman–Crippen LogP) is 3.08. The van der Waals surface area contributed by atoms with Gasteiger partial charge in [-0.25, -0.2) is 4.98 Å². The second-order valence-electron chi connectivity index (χ2n) is 4.77. The first kappa shape index (κ1) is 13.5. The fourth-order valence-electron chi connectivity index (χ4n) is 2.26. The molecule has 0 aliphatic carbocycles. The van der Waals surface area contributed by atoms with Crippen LogP contribution in [-0.2, 0) is 0 Å². The molecule has 0 radical (unpaired) electrons. The lowest BCUT2D eigenvalue weighted by Gasteiger charge is -2.13. The molecule has 4 nitrogen and oxygen atoms in total. The van der Waals surface area contributed by atoms with E-state index in [0.29, 0.717) is 6.61 Å². The zero-order valence-electron chi connectivity index (χ0n) is 11.9. The Morgan fingerprint density at radius 3 is 2.71 bits per heavy atom. The van der Waals surface area contributed by atoms with Gasteiger partial charge in [0.15, 0.2) is 0 Å². The summed E-state index contributed by atoms with van der Waals surface area (Å²) in [4.78, 5) is 9.01. The van der Waals surface area contributed by atoms with Crippen LogP contribution in [0.1, 0.15) is 24.2 Å². The van der Waals surface area contributed by atoms with Gasteiger partial charge in [-0.3, -0.25) is 4.98 Å². The maximum Gasteiger partial charge on any atom is 0.119 e. The maximum absolute atomic E-state index is 6.31. The van der Waals surface area contributed by atoms with Crippen LogP contribution in [0.4, 0.5) is 0 Å². The van der Waals surface area contributed by atoms with Crippen molar-refractivity contribution in [1.82, 2.24) is 9.97 Å². The summed E-state index contributed by atoms with van der Waals surface area (Å²) >= 11 is 0. The molecule has 1 heterocycles. The highest BCUT2D eigenvalue weighted by atomic mass is 16.5.